The molecule has 1 aromatic carbocycles. The third kappa shape index (κ3) is 3.97. The van der Waals surface area contributed by atoms with E-state index in [0.29, 0.717) is 12.1 Å². The molecule has 2 aliphatic rings. The van der Waals surface area contributed by atoms with E-state index in [-0.39, 0.29) is 42.7 Å². The Balaban J connectivity index is 0.00000208. The van der Waals surface area contributed by atoms with Gasteiger partial charge in [-0.2, -0.15) is 0 Å². The monoisotopic (exact) mass is 509 g/mol. The molecule has 0 spiro atoms. The highest BCUT2D eigenvalue weighted by Crippen LogP contribution is 2.40. The van der Waals surface area contributed by atoms with E-state index in [4.69, 9.17) is 4.74 Å². The average Bonchev–Trinajstić information content (AvgIpc) is 2.67. The van der Waals surface area contributed by atoms with E-state index in [9.17, 15) is 9.90 Å². The molecule has 2 aliphatic heterocycles. The Labute approximate surface area is 169 Å². The number of aliphatic hydroxyl groups excluding tert-OH is 1. The number of quaternary nitrogens is 1. The Kier molecular flexibility index (Phi) is 6.72. The van der Waals surface area contributed by atoms with Gasteiger partial charge < -0.3 is 38.3 Å². The van der Waals surface area contributed by atoms with Crippen molar-refractivity contribution in [1.29, 1.82) is 0 Å². The first-order chi connectivity index (χ1) is 10.9. The topological polar surface area (TPSA) is 46.5 Å². The fraction of sp³-hybridized carbons (Fsp3) is 0.611. The first kappa shape index (κ1) is 20.1. The number of carbonyl (C=O) groups is 1. The third-order valence-corrected chi connectivity index (χ3v) is 6.34. The molecule has 4 nitrogen and oxygen atoms in total. The first-order valence-corrected chi connectivity index (χ1v) is 9.11. The SMILES string of the molecule is C[N+]1(C)[C@@H]2CC[C@H]1CC(OC(=O)[C@H](CO)c1ccc(Br)cc1)C2.[I-]. The van der Waals surface area contributed by atoms with E-state index in [0.717, 1.165) is 27.4 Å². The lowest BCUT2D eigenvalue weighted by molar-refractivity contribution is -0.931. The number of piperidine rings is 1. The molecule has 0 aliphatic carbocycles. The molecule has 6 heteroatoms. The molecule has 0 amide bonds. The maximum atomic E-state index is 12.5. The molecular formula is C18H25BrINO3. The van der Waals surface area contributed by atoms with Crippen molar-refractivity contribution >= 4 is 21.9 Å². The van der Waals surface area contributed by atoms with Gasteiger partial charge in [-0.1, -0.05) is 28.1 Å². The summed E-state index contributed by atoms with van der Waals surface area (Å²) in [6.45, 7) is -0.221. The van der Waals surface area contributed by atoms with E-state index in [1.807, 2.05) is 24.3 Å². The Morgan fingerprint density at radius 2 is 1.79 bits per heavy atom. The quantitative estimate of drug-likeness (QED) is 0.348. The highest BCUT2D eigenvalue weighted by molar-refractivity contribution is 9.10. The molecule has 3 rings (SSSR count). The molecule has 1 aromatic rings. The van der Waals surface area contributed by atoms with Crippen molar-refractivity contribution in [3.8, 4) is 0 Å². The zero-order valence-electron chi connectivity index (χ0n) is 14.1. The Morgan fingerprint density at radius 3 is 2.29 bits per heavy atom. The van der Waals surface area contributed by atoms with Gasteiger partial charge in [-0.25, -0.2) is 0 Å². The number of nitrogens with zero attached hydrogens (tertiary/aromatic N) is 1. The minimum atomic E-state index is -0.592. The number of rotatable bonds is 4. The minimum absolute atomic E-state index is 0. The normalized spacial score (nSPS) is 28.8. The van der Waals surface area contributed by atoms with Crippen LogP contribution < -0.4 is 24.0 Å². The van der Waals surface area contributed by atoms with Crippen LogP contribution in [0.15, 0.2) is 28.7 Å². The number of esters is 1. The summed E-state index contributed by atoms with van der Waals surface area (Å²) in [5, 5.41) is 9.63. The zero-order valence-corrected chi connectivity index (χ0v) is 17.9. The van der Waals surface area contributed by atoms with Gasteiger partial charge in [0.1, 0.15) is 12.0 Å². The maximum absolute atomic E-state index is 12.5. The maximum Gasteiger partial charge on any atom is 0.316 e. The van der Waals surface area contributed by atoms with Gasteiger partial charge in [0.15, 0.2) is 0 Å². The van der Waals surface area contributed by atoms with E-state index < -0.39 is 5.92 Å². The zero-order chi connectivity index (χ0) is 16.6. The number of halogens is 2. The molecular weight excluding hydrogens is 485 g/mol. The number of carbonyl (C=O) groups excluding carboxylic acids is 1. The molecule has 4 atom stereocenters. The number of hydrogen-bond acceptors (Lipinski definition) is 3. The van der Waals surface area contributed by atoms with Crippen LogP contribution in [-0.4, -0.2) is 54.4 Å². The van der Waals surface area contributed by atoms with Crippen LogP contribution in [0.2, 0.25) is 0 Å². The smallest absolute Gasteiger partial charge is 0.316 e. The molecule has 1 N–H and O–H groups in total. The summed E-state index contributed by atoms with van der Waals surface area (Å²) in [6, 6.07) is 8.66. The van der Waals surface area contributed by atoms with Crippen molar-refractivity contribution in [2.24, 2.45) is 0 Å². The molecule has 2 bridgehead atoms. The lowest BCUT2D eigenvalue weighted by Gasteiger charge is -2.44. The third-order valence-electron chi connectivity index (χ3n) is 5.81. The van der Waals surface area contributed by atoms with Crippen molar-refractivity contribution in [1.82, 2.24) is 0 Å². The van der Waals surface area contributed by atoms with Crippen LogP contribution in [0.5, 0.6) is 0 Å². The van der Waals surface area contributed by atoms with Gasteiger partial charge >= 0.3 is 5.97 Å². The Morgan fingerprint density at radius 1 is 1.25 bits per heavy atom. The predicted octanol–water partition coefficient (Wildman–Crippen LogP) is -0.158. The van der Waals surface area contributed by atoms with Crippen LogP contribution in [0.4, 0.5) is 0 Å². The molecule has 0 radical (unpaired) electrons. The average molecular weight is 510 g/mol. The van der Waals surface area contributed by atoms with E-state index in [1.54, 1.807) is 0 Å². The largest absolute Gasteiger partial charge is 1.00 e. The number of benzene rings is 1. The summed E-state index contributed by atoms with van der Waals surface area (Å²) in [5.41, 5.74) is 0.801. The van der Waals surface area contributed by atoms with Crippen molar-refractivity contribution in [2.75, 3.05) is 20.7 Å². The van der Waals surface area contributed by atoms with E-state index in [1.165, 1.54) is 12.8 Å². The van der Waals surface area contributed by atoms with Gasteiger partial charge in [-0.15, -0.1) is 0 Å². The van der Waals surface area contributed by atoms with Crippen LogP contribution in [0.1, 0.15) is 37.2 Å². The number of fused-ring (bicyclic) bond motifs is 2. The highest BCUT2D eigenvalue weighted by Gasteiger charge is 2.50. The van der Waals surface area contributed by atoms with E-state index >= 15 is 0 Å². The second-order valence-corrected chi connectivity index (χ2v) is 8.25. The molecule has 0 saturated carbocycles. The summed E-state index contributed by atoms with van der Waals surface area (Å²) in [7, 11) is 4.58. The lowest BCUT2D eigenvalue weighted by Crippen LogP contribution is -3.00. The van der Waals surface area contributed by atoms with E-state index in [2.05, 4.69) is 30.0 Å². The molecule has 1 unspecified atom stereocenters. The van der Waals surface area contributed by atoms with Crippen molar-refractivity contribution in [3.63, 3.8) is 0 Å². The van der Waals surface area contributed by atoms with Gasteiger partial charge in [-0.05, 0) is 17.7 Å². The first-order valence-electron chi connectivity index (χ1n) is 8.32. The Hall–Kier alpha value is -0.180. The van der Waals surface area contributed by atoms with Gasteiger partial charge in [0.05, 0.1) is 32.8 Å². The standard InChI is InChI=1S/C18H25BrNO3.HI/c1-20(2)14-7-8-15(20)10-16(9-14)23-18(22)17(11-21)12-3-5-13(19)6-4-12;/h3-6,14-17,21H,7-11H2,1-2H3;1H/q+1;/p-1/t14-,15+,16?,17-;/m1./s1. The molecule has 2 saturated heterocycles. The Bertz CT molecular complexity index is 562. The summed E-state index contributed by atoms with van der Waals surface area (Å²) >= 11 is 3.38. The van der Waals surface area contributed by atoms with Crippen LogP contribution in [0, 0.1) is 0 Å². The van der Waals surface area contributed by atoms with Crippen molar-refractivity contribution < 1.29 is 43.1 Å². The summed E-state index contributed by atoms with van der Waals surface area (Å²) < 4.78 is 7.80. The van der Waals surface area contributed by atoms with Crippen LogP contribution in [0.25, 0.3) is 0 Å². The number of ether oxygens (including phenoxy) is 1. The number of aliphatic hydroxyl groups is 1. The fourth-order valence-corrected chi connectivity index (χ4v) is 4.45. The summed E-state index contributed by atoms with van der Waals surface area (Å²) in [4.78, 5) is 12.5. The van der Waals surface area contributed by atoms with Gasteiger partial charge in [0.25, 0.3) is 0 Å². The van der Waals surface area contributed by atoms with Crippen molar-refractivity contribution in [2.45, 2.75) is 49.8 Å². The summed E-state index contributed by atoms with van der Waals surface area (Å²) in [5.74, 6) is -0.892. The molecule has 2 heterocycles. The second-order valence-electron chi connectivity index (χ2n) is 7.33. The van der Waals surface area contributed by atoms with Crippen LogP contribution >= 0.6 is 15.9 Å². The van der Waals surface area contributed by atoms with Gasteiger partial charge in [-0.3, -0.25) is 4.79 Å². The van der Waals surface area contributed by atoms with Crippen LogP contribution in [-0.2, 0) is 9.53 Å². The highest BCUT2D eigenvalue weighted by atomic mass is 127. The fourth-order valence-electron chi connectivity index (χ4n) is 4.18. The molecule has 0 aromatic heterocycles. The molecule has 134 valence electrons. The van der Waals surface area contributed by atoms with Crippen LogP contribution in [0.3, 0.4) is 0 Å². The number of hydrogen-bond donors (Lipinski definition) is 1. The predicted molar refractivity (Wildman–Crippen MR) is 92.0 cm³/mol. The second kappa shape index (κ2) is 8.01. The van der Waals surface area contributed by atoms with Gasteiger partial charge in [0, 0.05) is 30.2 Å². The minimum Gasteiger partial charge on any atom is -1.00 e. The molecule has 24 heavy (non-hydrogen) atoms. The molecule has 2 fully saturated rings. The van der Waals surface area contributed by atoms with Gasteiger partial charge in [0.2, 0.25) is 0 Å². The van der Waals surface area contributed by atoms with Crippen molar-refractivity contribution in [3.05, 3.63) is 34.3 Å². The lowest BCUT2D eigenvalue weighted by atomic mass is 9.96. The summed E-state index contributed by atoms with van der Waals surface area (Å²) in [6.07, 6.45) is 4.32.